The zero-order chi connectivity index (χ0) is 26.5. The molecule has 0 unspecified atom stereocenters. The summed E-state index contributed by atoms with van der Waals surface area (Å²) in [6.45, 7) is 8.18. The van der Waals surface area contributed by atoms with Crippen LogP contribution in [0.4, 0.5) is 0 Å². The molecule has 1 aliphatic rings. The fraction of sp³-hybridized carbons (Fsp3) is 0.333. The summed E-state index contributed by atoms with van der Waals surface area (Å²) in [6.07, 6.45) is 2.31. The lowest BCUT2D eigenvalue weighted by Gasteiger charge is -2.32. The van der Waals surface area contributed by atoms with Crippen molar-refractivity contribution >= 4 is 62.3 Å². The maximum absolute atomic E-state index is 13.0. The third kappa shape index (κ3) is 4.69. The van der Waals surface area contributed by atoms with E-state index >= 15 is 0 Å². The molecule has 192 valence electrons. The predicted octanol–water partition coefficient (Wildman–Crippen LogP) is 4.90. The van der Waals surface area contributed by atoms with Gasteiger partial charge in [0.1, 0.15) is 0 Å². The number of aromatic nitrogens is 2. The van der Waals surface area contributed by atoms with Crippen LogP contribution in [0.5, 0.6) is 0 Å². The molecule has 0 bridgehead atoms. The van der Waals surface area contributed by atoms with Gasteiger partial charge in [0.25, 0.3) is 0 Å². The molecule has 1 aliphatic heterocycles. The highest BCUT2D eigenvalue weighted by Crippen LogP contribution is 2.37. The molecule has 0 spiro atoms. The summed E-state index contributed by atoms with van der Waals surface area (Å²) in [5.74, 6) is -0.842. The highest BCUT2D eigenvalue weighted by atomic mass is 79.9. The van der Waals surface area contributed by atoms with Gasteiger partial charge in [0.15, 0.2) is 0 Å². The minimum atomic E-state index is -0.601. The Bertz CT molecular complexity index is 1510. The third-order valence-corrected chi connectivity index (χ3v) is 7.87. The zero-order valence-corrected chi connectivity index (χ0v) is 22.9. The van der Waals surface area contributed by atoms with Crippen LogP contribution in [0.25, 0.3) is 21.8 Å². The van der Waals surface area contributed by atoms with Crippen molar-refractivity contribution in [2.75, 3.05) is 13.7 Å². The van der Waals surface area contributed by atoms with Gasteiger partial charge in [-0.15, -0.1) is 0 Å². The molecule has 0 saturated carbocycles. The van der Waals surface area contributed by atoms with Crippen LogP contribution in [0.3, 0.4) is 0 Å². The first-order valence-electron chi connectivity index (χ1n) is 12.0. The van der Waals surface area contributed by atoms with Crippen LogP contribution in [-0.4, -0.2) is 53.9 Å². The Morgan fingerprint density at radius 1 is 0.946 bits per heavy atom. The molecule has 37 heavy (non-hydrogen) atoms. The number of ether oxygens (including phenoxy) is 2. The van der Waals surface area contributed by atoms with Crippen molar-refractivity contribution in [3.8, 4) is 0 Å². The van der Waals surface area contributed by atoms with Crippen LogP contribution in [0.15, 0.2) is 47.1 Å². The summed E-state index contributed by atoms with van der Waals surface area (Å²) in [4.78, 5) is 31.4. The second-order valence-corrected chi connectivity index (χ2v) is 11.0. The number of hydrogen-bond acceptors (Lipinski definition) is 6. The van der Waals surface area contributed by atoms with Gasteiger partial charge >= 0.3 is 19.1 Å². The second kappa shape index (κ2) is 9.34. The Hall–Kier alpha value is -3.08. The average Bonchev–Trinajstić information content (AvgIpc) is 3.53. The lowest BCUT2D eigenvalue weighted by molar-refractivity contribution is 0.00578. The number of esters is 2. The summed E-state index contributed by atoms with van der Waals surface area (Å²) in [6, 6.07) is 10.9. The zero-order valence-electron chi connectivity index (χ0n) is 21.4. The molecule has 0 aliphatic carbocycles. The molecule has 1 saturated heterocycles. The molecule has 2 aromatic carbocycles. The van der Waals surface area contributed by atoms with E-state index in [-0.39, 0.29) is 6.61 Å². The molecule has 0 amide bonds. The van der Waals surface area contributed by atoms with Crippen molar-refractivity contribution in [3.63, 3.8) is 0 Å². The molecule has 3 heterocycles. The van der Waals surface area contributed by atoms with E-state index < -0.39 is 30.3 Å². The topological polar surface area (TPSA) is 103 Å². The van der Waals surface area contributed by atoms with Gasteiger partial charge < -0.3 is 28.8 Å². The first-order chi connectivity index (χ1) is 17.5. The summed E-state index contributed by atoms with van der Waals surface area (Å²) in [7, 11) is 0.747. The monoisotopic (exact) mass is 566 g/mol. The Balaban J connectivity index is 1.32. The highest BCUT2D eigenvalue weighted by Gasteiger charge is 2.52. The van der Waals surface area contributed by atoms with Crippen molar-refractivity contribution in [1.82, 2.24) is 9.97 Å². The number of halogens is 1. The molecule has 0 atom stereocenters. The maximum atomic E-state index is 13.0. The van der Waals surface area contributed by atoms with Crippen molar-refractivity contribution in [2.24, 2.45) is 0 Å². The molecular weight excluding hydrogens is 539 g/mol. The number of methoxy groups -OCH3 is 1. The number of rotatable bonds is 6. The fourth-order valence-corrected chi connectivity index (χ4v) is 5.01. The number of carbonyl (C=O) groups excluding carboxylic acids is 2. The minimum Gasteiger partial charge on any atom is -0.465 e. The largest absolute Gasteiger partial charge is 0.495 e. The lowest BCUT2D eigenvalue weighted by Crippen LogP contribution is -2.41. The van der Waals surface area contributed by atoms with E-state index in [0.717, 1.165) is 37.4 Å². The van der Waals surface area contributed by atoms with Crippen molar-refractivity contribution < 1.29 is 28.4 Å². The molecule has 4 aromatic rings. The molecule has 5 rings (SSSR count). The number of benzene rings is 2. The van der Waals surface area contributed by atoms with E-state index in [1.807, 2.05) is 46.0 Å². The van der Waals surface area contributed by atoms with Gasteiger partial charge in [0, 0.05) is 39.2 Å². The Kier molecular flexibility index (Phi) is 6.46. The van der Waals surface area contributed by atoms with E-state index in [2.05, 4.69) is 25.9 Å². The van der Waals surface area contributed by atoms with Gasteiger partial charge in [-0.25, -0.2) is 9.59 Å². The smallest absolute Gasteiger partial charge is 0.465 e. The summed E-state index contributed by atoms with van der Waals surface area (Å²) in [5, 5.41) is 1.86. The summed E-state index contributed by atoms with van der Waals surface area (Å²) < 4.78 is 23.7. The first-order valence-corrected chi connectivity index (χ1v) is 12.8. The van der Waals surface area contributed by atoms with Crippen LogP contribution in [0, 0.1) is 0 Å². The Labute approximate surface area is 223 Å². The standard InChI is InChI=1S/C27H28BBrN2O6/c1-26(2)27(3,4)37-28(36-26)20-10-15(12-22-18(20)6-8-30-22)25(33)35-9-7-17-14-19-21(29)11-16(24(32)34-5)13-23(19)31-17/h6,8,10-14,30-31H,7,9H2,1-5H3. The van der Waals surface area contributed by atoms with Gasteiger partial charge in [-0.3, -0.25) is 0 Å². The minimum absolute atomic E-state index is 0.182. The Morgan fingerprint density at radius 2 is 1.62 bits per heavy atom. The van der Waals surface area contributed by atoms with Crippen LogP contribution < -0.4 is 5.46 Å². The molecule has 1 fully saturated rings. The van der Waals surface area contributed by atoms with Crippen LogP contribution >= 0.6 is 15.9 Å². The predicted molar refractivity (Wildman–Crippen MR) is 145 cm³/mol. The van der Waals surface area contributed by atoms with Crippen LogP contribution in [0.2, 0.25) is 0 Å². The highest BCUT2D eigenvalue weighted by molar-refractivity contribution is 9.10. The van der Waals surface area contributed by atoms with Gasteiger partial charge in [0.2, 0.25) is 0 Å². The van der Waals surface area contributed by atoms with E-state index in [9.17, 15) is 9.59 Å². The molecule has 0 radical (unpaired) electrons. The SMILES string of the molecule is COC(=O)c1cc(Br)c2cc(CCOC(=O)c3cc(B4OC(C)(C)C(C)(C)O4)c4cc[nH]c4c3)[nH]c2c1. The van der Waals surface area contributed by atoms with E-state index in [1.54, 1.807) is 24.3 Å². The number of aromatic amines is 2. The number of H-pyrrole nitrogens is 2. The van der Waals surface area contributed by atoms with Gasteiger partial charge in [-0.1, -0.05) is 15.9 Å². The van der Waals surface area contributed by atoms with Gasteiger partial charge in [-0.2, -0.15) is 0 Å². The van der Waals surface area contributed by atoms with E-state index in [1.165, 1.54) is 7.11 Å². The fourth-order valence-electron chi connectivity index (χ4n) is 4.44. The maximum Gasteiger partial charge on any atom is 0.495 e. The number of nitrogens with one attached hydrogen (secondary N) is 2. The van der Waals surface area contributed by atoms with Gasteiger partial charge in [0.05, 0.1) is 36.0 Å². The van der Waals surface area contributed by atoms with Crippen LogP contribution in [0.1, 0.15) is 54.1 Å². The number of carbonyl (C=O) groups is 2. The number of fused-ring (bicyclic) bond motifs is 2. The quantitative estimate of drug-likeness (QED) is 0.254. The van der Waals surface area contributed by atoms with Gasteiger partial charge in [-0.05, 0) is 74.9 Å². The van der Waals surface area contributed by atoms with Crippen molar-refractivity contribution in [3.05, 3.63) is 63.9 Å². The molecule has 8 nitrogen and oxygen atoms in total. The van der Waals surface area contributed by atoms with E-state index in [0.29, 0.717) is 17.5 Å². The molecule has 2 N–H and O–H groups in total. The third-order valence-electron chi connectivity index (χ3n) is 7.21. The average molecular weight is 567 g/mol. The summed E-state index contributed by atoms with van der Waals surface area (Å²) in [5.41, 5.74) is 3.13. The Morgan fingerprint density at radius 3 is 2.32 bits per heavy atom. The van der Waals surface area contributed by atoms with Crippen molar-refractivity contribution in [2.45, 2.75) is 45.3 Å². The van der Waals surface area contributed by atoms with E-state index in [4.69, 9.17) is 18.8 Å². The van der Waals surface area contributed by atoms with Crippen molar-refractivity contribution in [1.29, 1.82) is 0 Å². The van der Waals surface area contributed by atoms with Crippen LogP contribution in [-0.2, 0) is 25.2 Å². The normalized spacial score (nSPS) is 16.4. The lowest BCUT2D eigenvalue weighted by atomic mass is 9.76. The first kappa shape index (κ1) is 25.6. The molecule has 2 aromatic heterocycles. The summed E-state index contributed by atoms with van der Waals surface area (Å²) >= 11 is 3.51. The number of hydrogen-bond donors (Lipinski definition) is 2. The molecule has 10 heteroatoms. The molecular formula is C27H28BBrN2O6. The second-order valence-electron chi connectivity index (χ2n) is 10.2.